The van der Waals surface area contributed by atoms with E-state index in [1.807, 2.05) is 24.3 Å². The number of amides is 1. The summed E-state index contributed by atoms with van der Waals surface area (Å²) in [4.78, 5) is 12.1. The molecule has 0 radical (unpaired) electrons. The summed E-state index contributed by atoms with van der Waals surface area (Å²) in [5, 5.41) is 2.76. The van der Waals surface area contributed by atoms with Gasteiger partial charge >= 0.3 is 0 Å². The van der Waals surface area contributed by atoms with E-state index in [1.54, 1.807) is 18.2 Å². The van der Waals surface area contributed by atoms with E-state index in [9.17, 15) is 17.6 Å². The summed E-state index contributed by atoms with van der Waals surface area (Å²) in [6.45, 7) is 2.22. The van der Waals surface area contributed by atoms with Crippen LogP contribution in [0.2, 0.25) is 0 Å². The highest BCUT2D eigenvalue weighted by atomic mass is 32.2. The number of anilines is 1. The van der Waals surface area contributed by atoms with Crippen molar-refractivity contribution < 1.29 is 17.6 Å². The fourth-order valence-electron chi connectivity index (χ4n) is 2.66. The normalized spacial score (nSPS) is 11.6. The molecule has 0 aliphatic heterocycles. The third-order valence-electron chi connectivity index (χ3n) is 4.29. The van der Waals surface area contributed by atoms with Crippen LogP contribution in [0.15, 0.2) is 48.5 Å². The lowest BCUT2D eigenvalue weighted by atomic mass is 10.1. The molecule has 0 saturated carbocycles. The number of benzene rings is 2. The van der Waals surface area contributed by atoms with E-state index in [-0.39, 0.29) is 37.7 Å². The van der Waals surface area contributed by atoms with E-state index >= 15 is 0 Å². The topological polar surface area (TPSA) is 66.5 Å². The van der Waals surface area contributed by atoms with E-state index < -0.39 is 10.0 Å². The number of sulfonamides is 1. The van der Waals surface area contributed by atoms with Gasteiger partial charge in [-0.05, 0) is 42.2 Å². The summed E-state index contributed by atoms with van der Waals surface area (Å²) in [7, 11) is -3.49. The van der Waals surface area contributed by atoms with Crippen molar-refractivity contribution in [2.45, 2.75) is 26.2 Å². The summed E-state index contributed by atoms with van der Waals surface area (Å²) in [5.41, 5.74) is 2.30. The molecule has 0 spiro atoms. The van der Waals surface area contributed by atoms with Gasteiger partial charge < -0.3 is 5.32 Å². The van der Waals surface area contributed by atoms with Crippen molar-refractivity contribution in [3.63, 3.8) is 0 Å². The molecule has 0 aliphatic carbocycles. The Bertz CT molecular complexity index is 867. The number of hydrogen-bond donors (Lipinski definition) is 1. The van der Waals surface area contributed by atoms with Crippen LogP contribution in [0.1, 0.15) is 24.5 Å². The number of carbonyl (C=O) groups excluding carboxylic acids is 1. The second-order valence-corrected chi connectivity index (χ2v) is 8.33. The van der Waals surface area contributed by atoms with E-state index in [0.717, 1.165) is 12.7 Å². The van der Waals surface area contributed by atoms with Crippen LogP contribution >= 0.6 is 0 Å². The standard InChI is InChI=1S/C20H25FN2O3S/c1-3-16-8-10-18(11-9-16)22-20(24)13-15-23(27(2,25)26)14-12-17-6-4-5-7-19(17)21/h4-11H,3,12-15H2,1-2H3,(H,22,24). The van der Waals surface area contributed by atoms with Crippen molar-refractivity contribution in [2.24, 2.45) is 0 Å². The summed E-state index contributed by atoms with van der Waals surface area (Å²) in [6.07, 6.45) is 2.29. The average Bonchev–Trinajstić information content (AvgIpc) is 2.62. The molecule has 146 valence electrons. The molecular formula is C20H25FN2O3S. The Balaban J connectivity index is 1.91. The van der Waals surface area contributed by atoms with Gasteiger partial charge in [-0.3, -0.25) is 4.79 Å². The van der Waals surface area contributed by atoms with Crippen LogP contribution in [0.3, 0.4) is 0 Å². The Kier molecular flexibility index (Phi) is 7.50. The van der Waals surface area contributed by atoms with Gasteiger partial charge in [0.2, 0.25) is 15.9 Å². The monoisotopic (exact) mass is 392 g/mol. The number of carbonyl (C=O) groups is 1. The molecule has 0 aliphatic rings. The summed E-state index contributed by atoms with van der Waals surface area (Å²) in [6, 6.07) is 13.8. The van der Waals surface area contributed by atoms with E-state index in [2.05, 4.69) is 12.2 Å². The summed E-state index contributed by atoms with van der Waals surface area (Å²) in [5.74, 6) is -0.627. The second kappa shape index (κ2) is 9.62. The van der Waals surface area contributed by atoms with Gasteiger partial charge in [-0.1, -0.05) is 37.3 Å². The van der Waals surface area contributed by atoms with Crippen molar-refractivity contribution in [1.29, 1.82) is 0 Å². The number of nitrogens with one attached hydrogen (secondary N) is 1. The highest BCUT2D eigenvalue weighted by Crippen LogP contribution is 2.12. The summed E-state index contributed by atoms with van der Waals surface area (Å²) >= 11 is 0. The van der Waals surface area contributed by atoms with Crippen LogP contribution < -0.4 is 5.32 Å². The lowest BCUT2D eigenvalue weighted by Crippen LogP contribution is -2.34. The smallest absolute Gasteiger partial charge is 0.225 e. The predicted octanol–water partition coefficient (Wildman–Crippen LogP) is 3.22. The Hall–Kier alpha value is -2.25. The molecular weight excluding hydrogens is 367 g/mol. The SMILES string of the molecule is CCc1ccc(NC(=O)CCN(CCc2ccccc2F)S(C)(=O)=O)cc1. The van der Waals surface area contributed by atoms with Gasteiger partial charge in [0, 0.05) is 25.2 Å². The van der Waals surface area contributed by atoms with E-state index in [1.165, 1.54) is 15.9 Å². The van der Waals surface area contributed by atoms with Gasteiger partial charge in [0.1, 0.15) is 5.82 Å². The van der Waals surface area contributed by atoms with Crippen LogP contribution in [0.25, 0.3) is 0 Å². The molecule has 0 saturated heterocycles. The quantitative estimate of drug-likeness (QED) is 0.713. The van der Waals surface area contributed by atoms with Gasteiger partial charge in [-0.15, -0.1) is 0 Å². The molecule has 0 heterocycles. The van der Waals surface area contributed by atoms with Crippen LogP contribution in [0.4, 0.5) is 10.1 Å². The fourth-order valence-corrected chi connectivity index (χ4v) is 3.51. The lowest BCUT2D eigenvalue weighted by molar-refractivity contribution is -0.116. The Morgan fingerprint density at radius 1 is 1.07 bits per heavy atom. The summed E-state index contributed by atoms with van der Waals surface area (Å²) < 4.78 is 38.9. The Labute approximate surface area is 160 Å². The van der Waals surface area contributed by atoms with E-state index in [4.69, 9.17) is 0 Å². The molecule has 2 aromatic carbocycles. The first-order valence-corrected chi connectivity index (χ1v) is 10.7. The molecule has 2 rings (SSSR count). The zero-order chi connectivity index (χ0) is 19.9. The van der Waals surface area contributed by atoms with Crippen LogP contribution in [0.5, 0.6) is 0 Å². The molecule has 1 amide bonds. The second-order valence-electron chi connectivity index (χ2n) is 6.35. The number of nitrogens with zero attached hydrogens (tertiary/aromatic N) is 1. The third kappa shape index (κ3) is 6.77. The average molecular weight is 392 g/mol. The van der Waals surface area contributed by atoms with Crippen molar-refractivity contribution >= 4 is 21.6 Å². The molecule has 0 aromatic heterocycles. The Morgan fingerprint density at radius 2 is 1.74 bits per heavy atom. The molecule has 0 atom stereocenters. The van der Waals surface area contributed by atoms with Crippen LogP contribution in [0, 0.1) is 5.82 Å². The molecule has 0 fully saturated rings. The van der Waals surface area contributed by atoms with Gasteiger partial charge in [0.05, 0.1) is 6.26 Å². The number of aryl methyl sites for hydroxylation is 1. The Morgan fingerprint density at radius 3 is 2.33 bits per heavy atom. The maximum absolute atomic E-state index is 13.7. The van der Waals surface area contributed by atoms with Crippen LogP contribution in [-0.4, -0.2) is 38.0 Å². The predicted molar refractivity (Wildman–Crippen MR) is 106 cm³/mol. The van der Waals surface area contributed by atoms with Gasteiger partial charge in [0.15, 0.2) is 0 Å². The van der Waals surface area contributed by atoms with Gasteiger partial charge in [0.25, 0.3) is 0 Å². The first-order chi connectivity index (χ1) is 12.8. The van der Waals surface area contributed by atoms with Crippen molar-refractivity contribution in [1.82, 2.24) is 4.31 Å². The lowest BCUT2D eigenvalue weighted by Gasteiger charge is -2.20. The van der Waals surface area contributed by atoms with E-state index in [0.29, 0.717) is 11.3 Å². The first kappa shape index (κ1) is 21.1. The zero-order valence-electron chi connectivity index (χ0n) is 15.6. The minimum Gasteiger partial charge on any atom is -0.326 e. The maximum Gasteiger partial charge on any atom is 0.225 e. The molecule has 0 bridgehead atoms. The largest absolute Gasteiger partial charge is 0.326 e. The maximum atomic E-state index is 13.7. The minimum absolute atomic E-state index is 0.0276. The van der Waals surface area contributed by atoms with Crippen molar-refractivity contribution in [3.05, 3.63) is 65.5 Å². The number of hydrogen-bond acceptors (Lipinski definition) is 3. The van der Waals surface area contributed by atoms with Crippen molar-refractivity contribution in [2.75, 3.05) is 24.7 Å². The van der Waals surface area contributed by atoms with Gasteiger partial charge in [-0.2, -0.15) is 0 Å². The minimum atomic E-state index is -3.49. The zero-order valence-corrected chi connectivity index (χ0v) is 16.4. The molecule has 5 nitrogen and oxygen atoms in total. The van der Waals surface area contributed by atoms with Crippen molar-refractivity contribution in [3.8, 4) is 0 Å². The molecule has 2 aromatic rings. The highest BCUT2D eigenvalue weighted by molar-refractivity contribution is 7.88. The molecule has 1 N–H and O–H groups in total. The molecule has 27 heavy (non-hydrogen) atoms. The number of halogens is 1. The van der Waals surface area contributed by atoms with Gasteiger partial charge in [-0.25, -0.2) is 17.1 Å². The highest BCUT2D eigenvalue weighted by Gasteiger charge is 2.18. The molecule has 7 heteroatoms. The van der Waals surface area contributed by atoms with Crippen LogP contribution in [-0.2, 0) is 27.7 Å². The third-order valence-corrected chi connectivity index (χ3v) is 5.59. The molecule has 0 unspecified atom stereocenters. The first-order valence-electron chi connectivity index (χ1n) is 8.87. The number of rotatable bonds is 9. The fraction of sp³-hybridized carbons (Fsp3) is 0.350.